The minimum absolute atomic E-state index is 0.0782. The van der Waals surface area contributed by atoms with Crippen molar-refractivity contribution in [2.45, 2.75) is 13.5 Å². The molecule has 1 N–H and O–H groups in total. The first-order valence-corrected chi connectivity index (χ1v) is 7.60. The molecule has 1 aromatic carbocycles. The van der Waals surface area contributed by atoms with E-state index in [2.05, 4.69) is 0 Å². The Balaban J connectivity index is 2.17. The summed E-state index contributed by atoms with van der Waals surface area (Å²) in [7, 11) is 4.87. The predicted molar refractivity (Wildman–Crippen MR) is 90.7 cm³/mol. The smallest absolute Gasteiger partial charge is 0.339 e. The number of hydrogen-bond acceptors (Lipinski definition) is 4. The van der Waals surface area contributed by atoms with Crippen molar-refractivity contribution in [1.29, 1.82) is 0 Å². The van der Waals surface area contributed by atoms with E-state index in [1.165, 1.54) is 21.9 Å². The first kappa shape index (κ1) is 18.3. The van der Waals surface area contributed by atoms with Crippen LogP contribution >= 0.6 is 0 Å². The second kappa shape index (κ2) is 7.21. The fourth-order valence-corrected chi connectivity index (χ4v) is 2.40. The van der Waals surface area contributed by atoms with Gasteiger partial charge in [-0.3, -0.25) is 9.59 Å². The normalized spacial score (nSPS) is 10.4. The lowest BCUT2D eigenvalue weighted by Gasteiger charge is -2.17. The maximum Gasteiger partial charge on any atom is 0.339 e. The first-order valence-electron chi connectivity index (χ1n) is 7.60. The summed E-state index contributed by atoms with van der Waals surface area (Å²) in [6.07, 6.45) is 0. The molecule has 7 nitrogen and oxygen atoms in total. The van der Waals surface area contributed by atoms with Gasteiger partial charge in [0.2, 0.25) is 0 Å². The highest BCUT2D eigenvalue weighted by atomic mass is 16.4. The van der Waals surface area contributed by atoms with Crippen LogP contribution in [0, 0.1) is 6.92 Å². The zero-order valence-electron chi connectivity index (χ0n) is 14.6. The lowest BCUT2D eigenvalue weighted by atomic mass is 10.1. The standard InChI is InChI=1S/C18H20N2O5/c1-11-15(18(23)24)9-14(25-11)10-20(4)17(22)13-7-5-6-12(8-13)16(21)19(2)3/h5-9H,10H2,1-4H3,(H,23,24). The van der Waals surface area contributed by atoms with Crippen molar-refractivity contribution in [1.82, 2.24) is 9.80 Å². The number of amides is 2. The van der Waals surface area contributed by atoms with Gasteiger partial charge in [0, 0.05) is 32.3 Å². The number of benzene rings is 1. The molecular weight excluding hydrogens is 324 g/mol. The number of nitrogens with zero attached hydrogens (tertiary/aromatic N) is 2. The van der Waals surface area contributed by atoms with Gasteiger partial charge in [-0.2, -0.15) is 0 Å². The molecule has 0 saturated heterocycles. The van der Waals surface area contributed by atoms with Gasteiger partial charge < -0.3 is 19.3 Å². The number of furan rings is 1. The number of rotatable bonds is 5. The lowest BCUT2D eigenvalue weighted by molar-refractivity contribution is 0.0693. The van der Waals surface area contributed by atoms with Gasteiger partial charge >= 0.3 is 5.97 Å². The highest BCUT2D eigenvalue weighted by Crippen LogP contribution is 2.17. The number of aryl methyl sites for hydroxylation is 1. The van der Waals surface area contributed by atoms with E-state index >= 15 is 0 Å². The Morgan fingerprint density at radius 2 is 1.64 bits per heavy atom. The number of aromatic carboxylic acids is 1. The van der Waals surface area contributed by atoms with Crippen molar-refractivity contribution >= 4 is 17.8 Å². The highest BCUT2D eigenvalue weighted by Gasteiger charge is 2.19. The summed E-state index contributed by atoms with van der Waals surface area (Å²) in [4.78, 5) is 38.5. The Hall–Kier alpha value is -3.09. The van der Waals surface area contributed by atoms with E-state index in [1.54, 1.807) is 46.3 Å². The average molecular weight is 344 g/mol. The number of carbonyl (C=O) groups excluding carboxylic acids is 2. The van der Waals surface area contributed by atoms with Crippen molar-refractivity contribution in [2.24, 2.45) is 0 Å². The Morgan fingerprint density at radius 3 is 2.16 bits per heavy atom. The maximum atomic E-state index is 12.6. The van der Waals surface area contributed by atoms with Crippen molar-refractivity contribution < 1.29 is 23.9 Å². The van der Waals surface area contributed by atoms with Crippen LogP contribution in [0.1, 0.15) is 42.6 Å². The van der Waals surface area contributed by atoms with E-state index in [4.69, 9.17) is 9.52 Å². The molecule has 0 atom stereocenters. The van der Waals surface area contributed by atoms with Crippen LogP contribution < -0.4 is 0 Å². The van der Waals surface area contributed by atoms with Crippen molar-refractivity contribution in [3.63, 3.8) is 0 Å². The van der Waals surface area contributed by atoms with E-state index in [-0.39, 0.29) is 23.9 Å². The molecule has 1 heterocycles. The van der Waals surface area contributed by atoms with Crippen molar-refractivity contribution in [2.75, 3.05) is 21.1 Å². The Morgan fingerprint density at radius 1 is 1.04 bits per heavy atom. The van der Waals surface area contributed by atoms with Crippen LogP contribution in [0.25, 0.3) is 0 Å². The Bertz CT molecular complexity index is 823. The van der Waals surface area contributed by atoms with Gasteiger partial charge in [-0.05, 0) is 31.2 Å². The first-order chi connectivity index (χ1) is 11.7. The van der Waals surface area contributed by atoms with E-state index in [0.29, 0.717) is 22.6 Å². The summed E-state index contributed by atoms with van der Waals surface area (Å²) < 4.78 is 5.39. The zero-order valence-corrected chi connectivity index (χ0v) is 14.6. The molecule has 25 heavy (non-hydrogen) atoms. The van der Waals surface area contributed by atoms with Crippen LogP contribution in [0.3, 0.4) is 0 Å². The summed E-state index contributed by atoms with van der Waals surface area (Å²) in [5.74, 6) is -0.881. The molecule has 2 rings (SSSR count). The Kier molecular flexibility index (Phi) is 5.26. The van der Waals surface area contributed by atoms with Crippen molar-refractivity contribution in [3.05, 3.63) is 58.5 Å². The quantitative estimate of drug-likeness (QED) is 0.898. The summed E-state index contributed by atoms with van der Waals surface area (Å²) in [5.41, 5.74) is 0.873. The molecule has 0 saturated carbocycles. The van der Waals surface area contributed by atoms with Gasteiger partial charge in [-0.1, -0.05) is 6.07 Å². The number of hydrogen-bond donors (Lipinski definition) is 1. The van der Waals surface area contributed by atoms with Crippen LogP contribution in [0.2, 0.25) is 0 Å². The topological polar surface area (TPSA) is 91.1 Å². The van der Waals surface area contributed by atoms with E-state index < -0.39 is 5.97 Å². The summed E-state index contributed by atoms with van der Waals surface area (Å²) in [6.45, 7) is 1.68. The van der Waals surface area contributed by atoms with Gasteiger partial charge in [0.15, 0.2) is 0 Å². The molecule has 0 bridgehead atoms. The molecule has 0 fully saturated rings. The molecule has 132 valence electrons. The molecule has 0 radical (unpaired) electrons. The molecule has 2 aromatic rings. The van der Waals surface area contributed by atoms with Crippen LogP contribution in [0.15, 0.2) is 34.7 Å². The number of carbonyl (C=O) groups is 3. The minimum atomic E-state index is -1.07. The molecule has 7 heteroatoms. The third-order valence-electron chi connectivity index (χ3n) is 3.70. The number of carboxylic acid groups (broad SMARTS) is 1. The molecule has 0 aliphatic carbocycles. The fraction of sp³-hybridized carbons (Fsp3) is 0.278. The SMILES string of the molecule is Cc1oc(CN(C)C(=O)c2cccc(C(=O)N(C)C)c2)cc1C(=O)O. The highest BCUT2D eigenvalue weighted by molar-refractivity contribution is 5.99. The second-order valence-corrected chi connectivity index (χ2v) is 5.93. The second-order valence-electron chi connectivity index (χ2n) is 5.93. The third-order valence-corrected chi connectivity index (χ3v) is 3.70. The molecule has 0 aliphatic heterocycles. The molecule has 0 aliphatic rings. The summed E-state index contributed by atoms with van der Waals surface area (Å²) in [5, 5.41) is 9.05. The molecule has 2 amide bonds. The molecule has 1 aromatic heterocycles. The van der Waals surface area contributed by atoms with Crippen molar-refractivity contribution in [3.8, 4) is 0 Å². The Labute approximate surface area is 145 Å². The van der Waals surface area contributed by atoms with Gasteiger partial charge in [0.25, 0.3) is 11.8 Å². The predicted octanol–water partition coefficient (Wildman–Crippen LogP) is 2.26. The summed E-state index contributed by atoms with van der Waals surface area (Å²) in [6, 6.07) is 7.87. The number of carboxylic acids is 1. The van der Waals surface area contributed by atoms with Crippen LogP contribution in [-0.4, -0.2) is 53.8 Å². The van der Waals surface area contributed by atoms with Gasteiger partial charge in [0.1, 0.15) is 17.1 Å². The lowest BCUT2D eigenvalue weighted by Crippen LogP contribution is -2.27. The van der Waals surface area contributed by atoms with Crippen LogP contribution in [-0.2, 0) is 6.54 Å². The minimum Gasteiger partial charge on any atom is -0.478 e. The van der Waals surface area contributed by atoms with Gasteiger partial charge in [-0.25, -0.2) is 4.79 Å². The molecular formula is C18H20N2O5. The average Bonchev–Trinajstić information content (AvgIpc) is 2.93. The molecule has 0 spiro atoms. The van der Waals surface area contributed by atoms with Crippen LogP contribution in [0.5, 0.6) is 0 Å². The van der Waals surface area contributed by atoms with E-state index in [1.807, 2.05) is 0 Å². The van der Waals surface area contributed by atoms with Crippen LogP contribution in [0.4, 0.5) is 0 Å². The monoisotopic (exact) mass is 344 g/mol. The van der Waals surface area contributed by atoms with Gasteiger partial charge in [-0.15, -0.1) is 0 Å². The summed E-state index contributed by atoms with van der Waals surface area (Å²) >= 11 is 0. The van der Waals surface area contributed by atoms with E-state index in [0.717, 1.165) is 0 Å². The largest absolute Gasteiger partial charge is 0.478 e. The fourth-order valence-electron chi connectivity index (χ4n) is 2.40. The maximum absolute atomic E-state index is 12.6. The van der Waals surface area contributed by atoms with E-state index in [9.17, 15) is 14.4 Å². The van der Waals surface area contributed by atoms with Gasteiger partial charge in [0.05, 0.1) is 6.54 Å². The third kappa shape index (κ3) is 4.06. The zero-order chi connectivity index (χ0) is 18.7. The molecule has 0 unspecified atom stereocenters.